The summed E-state index contributed by atoms with van der Waals surface area (Å²) in [7, 11) is 0. The van der Waals surface area contributed by atoms with Gasteiger partial charge in [-0.05, 0) is 11.6 Å². The van der Waals surface area contributed by atoms with Gasteiger partial charge in [0, 0.05) is 50.4 Å². The number of hydrogen-bond acceptors (Lipinski definition) is 7. The predicted molar refractivity (Wildman–Crippen MR) is 124 cm³/mol. The average Bonchev–Trinajstić information content (AvgIpc) is 2.82. The third-order valence-electron chi connectivity index (χ3n) is 6.29. The van der Waals surface area contributed by atoms with E-state index in [9.17, 15) is 9.59 Å². The summed E-state index contributed by atoms with van der Waals surface area (Å²) >= 11 is 0. The van der Waals surface area contributed by atoms with Crippen molar-refractivity contribution in [2.45, 2.75) is 18.9 Å². The van der Waals surface area contributed by atoms with Crippen molar-refractivity contribution < 1.29 is 19.1 Å². The Morgan fingerprint density at radius 1 is 1.12 bits per heavy atom. The summed E-state index contributed by atoms with van der Waals surface area (Å²) in [5, 5.41) is 0. The number of aromatic nitrogens is 3. The number of carbonyl (C=O) groups is 2. The molecule has 2 aliphatic heterocycles. The molecule has 2 N–H and O–H groups in total. The van der Waals surface area contributed by atoms with Crippen LogP contribution >= 0.6 is 0 Å². The number of nitrogens with zero attached hydrogens (tertiary/aromatic N) is 5. The van der Waals surface area contributed by atoms with Crippen LogP contribution in [0.15, 0.2) is 42.7 Å². The molecule has 1 unspecified atom stereocenters. The van der Waals surface area contributed by atoms with Gasteiger partial charge in [-0.2, -0.15) is 0 Å². The van der Waals surface area contributed by atoms with Crippen LogP contribution in [0.3, 0.4) is 0 Å². The Bertz CT molecular complexity index is 1210. The van der Waals surface area contributed by atoms with Gasteiger partial charge in [0.25, 0.3) is 0 Å². The van der Waals surface area contributed by atoms with Crippen molar-refractivity contribution in [3.05, 3.63) is 48.3 Å². The highest BCUT2D eigenvalue weighted by molar-refractivity contribution is 5.83. The van der Waals surface area contributed by atoms with Crippen LogP contribution in [0.2, 0.25) is 0 Å². The lowest BCUT2D eigenvalue weighted by Crippen LogP contribution is -2.49. The number of morpholine rings is 1. The van der Waals surface area contributed by atoms with E-state index in [1.54, 1.807) is 24.2 Å². The van der Waals surface area contributed by atoms with Gasteiger partial charge in [0.1, 0.15) is 12.7 Å². The van der Waals surface area contributed by atoms with E-state index in [0.29, 0.717) is 42.5 Å². The second-order valence-electron chi connectivity index (χ2n) is 8.57. The van der Waals surface area contributed by atoms with Crippen molar-refractivity contribution in [1.29, 1.82) is 0 Å². The highest BCUT2D eigenvalue weighted by Crippen LogP contribution is 2.31. The molecular weight excluding hydrogens is 436 g/mol. The third kappa shape index (κ3) is 4.49. The van der Waals surface area contributed by atoms with Crippen molar-refractivity contribution in [2.75, 3.05) is 39.4 Å². The molecule has 2 saturated heterocycles. The Kier molecular flexibility index (Phi) is 5.97. The van der Waals surface area contributed by atoms with E-state index in [2.05, 4.69) is 22.1 Å². The number of amides is 3. The largest absolute Gasteiger partial charge is 0.473 e. The summed E-state index contributed by atoms with van der Waals surface area (Å²) in [5.41, 5.74) is 9.48. The number of benzene rings is 1. The molecule has 1 aromatic carbocycles. The molecule has 2 aliphatic rings. The van der Waals surface area contributed by atoms with Gasteiger partial charge in [0.15, 0.2) is 5.52 Å². The lowest BCUT2D eigenvalue weighted by molar-refractivity contribution is -0.133. The fourth-order valence-electron chi connectivity index (χ4n) is 4.26. The van der Waals surface area contributed by atoms with Crippen LogP contribution in [-0.4, -0.2) is 82.2 Å². The van der Waals surface area contributed by atoms with E-state index in [-0.39, 0.29) is 18.6 Å². The average molecular weight is 463 g/mol. The predicted octanol–water partition coefficient (Wildman–Crippen LogP) is 1.80. The van der Waals surface area contributed by atoms with Crippen LogP contribution in [0.5, 0.6) is 5.88 Å². The molecule has 0 saturated carbocycles. The second-order valence-corrected chi connectivity index (χ2v) is 8.57. The molecule has 34 heavy (non-hydrogen) atoms. The molecule has 0 bridgehead atoms. The molecule has 0 spiro atoms. The van der Waals surface area contributed by atoms with E-state index in [4.69, 9.17) is 20.2 Å². The number of urea groups is 1. The van der Waals surface area contributed by atoms with Crippen LogP contribution in [0.4, 0.5) is 4.79 Å². The summed E-state index contributed by atoms with van der Waals surface area (Å²) in [5.74, 6) is 0.839. The number of primary amides is 1. The topological polar surface area (TPSA) is 124 Å². The Labute approximate surface area is 196 Å². The maximum Gasteiger partial charge on any atom is 0.314 e. The molecule has 4 heterocycles. The Balaban J connectivity index is 1.34. The van der Waals surface area contributed by atoms with Crippen molar-refractivity contribution >= 4 is 23.0 Å². The van der Waals surface area contributed by atoms with Gasteiger partial charge >= 0.3 is 6.03 Å². The standard InChI is InChI=1S/C24H26N6O4/c1-15(31)30-11-18(12-30)16-2-4-17(5-3-16)20-10-21-22(27-7-6-26-21)23(28-20)34-14-19-13-29(24(25)32)8-9-33-19/h2-7,10,18-19H,8-9,11-14H2,1H3,(H2,25,32). The van der Waals surface area contributed by atoms with E-state index in [0.717, 1.165) is 24.3 Å². The zero-order valence-corrected chi connectivity index (χ0v) is 18.9. The molecular formula is C24H26N6O4. The van der Waals surface area contributed by atoms with Crippen molar-refractivity contribution in [1.82, 2.24) is 24.8 Å². The number of rotatable bonds is 5. The van der Waals surface area contributed by atoms with Crippen LogP contribution < -0.4 is 10.5 Å². The van der Waals surface area contributed by atoms with Crippen LogP contribution in [0, 0.1) is 0 Å². The van der Waals surface area contributed by atoms with Gasteiger partial charge in [0.2, 0.25) is 11.8 Å². The quantitative estimate of drug-likeness (QED) is 0.613. The molecule has 3 aromatic rings. The van der Waals surface area contributed by atoms with Crippen LogP contribution in [0.1, 0.15) is 18.4 Å². The summed E-state index contributed by atoms with van der Waals surface area (Å²) < 4.78 is 11.7. The Hall–Kier alpha value is -3.79. The molecule has 10 heteroatoms. The van der Waals surface area contributed by atoms with E-state index >= 15 is 0 Å². The lowest BCUT2D eigenvalue weighted by atomic mass is 9.90. The zero-order chi connectivity index (χ0) is 23.7. The molecule has 3 amide bonds. The minimum Gasteiger partial charge on any atom is -0.473 e. The molecule has 176 valence electrons. The zero-order valence-electron chi connectivity index (χ0n) is 18.9. The summed E-state index contributed by atoms with van der Waals surface area (Å²) in [6.07, 6.45) is 2.92. The van der Waals surface area contributed by atoms with Gasteiger partial charge in [-0.1, -0.05) is 24.3 Å². The molecule has 2 fully saturated rings. The molecule has 0 radical (unpaired) electrons. The van der Waals surface area contributed by atoms with E-state index < -0.39 is 6.03 Å². The van der Waals surface area contributed by atoms with Crippen LogP contribution in [-0.2, 0) is 9.53 Å². The van der Waals surface area contributed by atoms with E-state index in [1.165, 1.54) is 5.56 Å². The molecule has 1 atom stereocenters. The smallest absolute Gasteiger partial charge is 0.314 e. The number of hydrogen-bond donors (Lipinski definition) is 1. The highest BCUT2D eigenvalue weighted by atomic mass is 16.5. The Morgan fingerprint density at radius 3 is 2.62 bits per heavy atom. The maximum absolute atomic E-state index is 11.5. The van der Waals surface area contributed by atoms with Gasteiger partial charge in [-0.25, -0.2) is 14.8 Å². The first-order valence-corrected chi connectivity index (χ1v) is 11.2. The molecule has 2 aromatic heterocycles. The molecule has 0 aliphatic carbocycles. The number of ether oxygens (including phenoxy) is 2. The number of pyridine rings is 1. The van der Waals surface area contributed by atoms with Crippen molar-refractivity contribution in [3.63, 3.8) is 0 Å². The SMILES string of the molecule is CC(=O)N1CC(c2ccc(-c3cc4nccnc4c(OCC4CN(C(N)=O)CCO4)n3)cc2)C1. The summed E-state index contributed by atoms with van der Waals surface area (Å²) in [4.78, 5) is 39.9. The van der Waals surface area contributed by atoms with E-state index in [1.807, 2.05) is 23.1 Å². The molecule has 10 nitrogen and oxygen atoms in total. The lowest BCUT2D eigenvalue weighted by Gasteiger charge is -2.39. The minimum atomic E-state index is -0.468. The fourth-order valence-corrected chi connectivity index (χ4v) is 4.26. The van der Waals surface area contributed by atoms with Gasteiger partial charge in [0.05, 0.1) is 24.4 Å². The number of carbonyl (C=O) groups excluding carboxylic acids is 2. The number of likely N-dealkylation sites (tertiary alicyclic amines) is 1. The van der Waals surface area contributed by atoms with Crippen LogP contribution in [0.25, 0.3) is 22.3 Å². The first kappa shape index (κ1) is 22.0. The molecule has 5 rings (SSSR count). The van der Waals surface area contributed by atoms with Crippen molar-refractivity contribution in [3.8, 4) is 17.1 Å². The second kappa shape index (κ2) is 9.22. The fraction of sp³-hybridized carbons (Fsp3) is 0.375. The summed E-state index contributed by atoms with van der Waals surface area (Å²) in [6, 6.07) is 9.62. The number of nitrogens with two attached hydrogens (primary N) is 1. The monoisotopic (exact) mass is 462 g/mol. The highest BCUT2D eigenvalue weighted by Gasteiger charge is 2.29. The van der Waals surface area contributed by atoms with Crippen molar-refractivity contribution in [2.24, 2.45) is 5.73 Å². The normalized spacial score (nSPS) is 18.6. The minimum absolute atomic E-state index is 0.114. The third-order valence-corrected chi connectivity index (χ3v) is 6.29. The summed E-state index contributed by atoms with van der Waals surface area (Å²) in [6.45, 7) is 4.56. The number of fused-ring (bicyclic) bond motifs is 1. The first-order chi connectivity index (χ1) is 16.5. The van der Waals surface area contributed by atoms with Gasteiger partial charge in [-0.3, -0.25) is 9.78 Å². The first-order valence-electron chi connectivity index (χ1n) is 11.2. The van der Waals surface area contributed by atoms with Gasteiger partial charge in [-0.15, -0.1) is 0 Å². The van der Waals surface area contributed by atoms with Gasteiger partial charge < -0.3 is 25.0 Å². The maximum atomic E-state index is 11.5. The Morgan fingerprint density at radius 2 is 1.88 bits per heavy atom.